The second-order valence-corrected chi connectivity index (χ2v) is 5.33. The van der Waals surface area contributed by atoms with Gasteiger partial charge in [-0.25, -0.2) is 0 Å². The molecule has 92 valence electrons. The molecule has 2 aliphatic rings. The van der Waals surface area contributed by atoms with E-state index in [1.807, 2.05) is 0 Å². The van der Waals surface area contributed by atoms with E-state index in [-0.39, 0.29) is 24.1 Å². The number of amides is 1. The van der Waals surface area contributed by atoms with Crippen LogP contribution in [0.1, 0.15) is 39.0 Å². The fourth-order valence-electron chi connectivity index (χ4n) is 2.90. The van der Waals surface area contributed by atoms with Gasteiger partial charge in [-0.15, -0.1) is 0 Å². The monoisotopic (exact) mass is 226 g/mol. The number of carbonyl (C=O) groups excluding carboxylic acids is 1. The van der Waals surface area contributed by atoms with Gasteiger partial charge < -0.3 is 15.7 Å². The fourth-order valence-corrected chi connectivity index (χ4v) is 2.90. The Hall–Kier alpha value is -0.610. The molecule has 2 fully saturated rings. The van der Waals surface area contributed by atoms with Crippen molar-refractivity contribution in [3.63, 3.8) is 0 Å². The molecule has 16 heavy (non-hydrogen) atoms. The van der Waals surface area contributed by atoms with E-state index in [9.17, 15) is 9.90 Å². The summed E-state index contributed by atoms with van der Waals surface area (Å²) in [6.07, 6.45) is 5.10. The minimum absolute atomic E-state index is 0.0657. The zero-order valence-corrected chi connectivity index (χ0v) is 9.96. The van der Waals surface area contributed by atoms with Crippen LogP contribution >= 0.6 is 0 Å². The molecular weight excluding hydrogens is 204 g/mol. The highest BCUT2D eigenvalue weighted by atomic mass is 16.3. The Balaban J connectivity index is 1.95. The van der Waals surface area contributed by atoms with Crippen molar-refractivity contribution in [2.75, 3.05) is 13.2 Å². The molecule has 3 N–H and O–H groups in total. The Morgan fingerprint density at radius 1 is 1.50 bits per heavy atom. The smallest absolute Gasteiger partial charge is 0.237 e. The van der Waals surface area contributed by atoms with Gasteiger partial charge in [0.2, 0.25) is 5.91 Å². The van der Waals surface area contributed by atoms with Gasteiger partial charge in [0.1, 0.15) is 0 Å². The normalized spacial score (nSPS) is 32.9. The number of nitrogens with one attached hydrogen (secondary N) is 2. The summed E-state index contributed by atoms with van der Waals surface area (Å²) in [6.45, 7) is 3.09. The summed E-state index contributed by atoms with van der Waals surface area (Å²) in [6, 6.07) is -0.0657. The van der Waals surface area contributed by atoms with E-state index in [4.69, 9.17) is 0 Å². The molecule has 0 aromatic carbocycles. The molecule has 0 aromatic heterocycles. The molecule has 1 saturated heterocycles. The van der Waals surface area contributed by atoms with E-state index in [0.29, 0.717) is 5.92 Å². The zero-order valence-electron chi connectivity index (χ0n) is 9.96. The van der Waals surface area contributed by atoms with Crippen LogP contribution in [-0.4, -0.2) is 35.7 Å². The topological polar surface area (TPSA) is 61.4 Å². The third-order valence-corrected chi connectivity index (χ3v) is 4.07. The van der Waals surface area contributed by atoms with Crippen molar-refractivity contribution in [1.29, 1.82) is 0 Å². The lowest BCUT2D eigenvalue weighted by atomic mass is 9.96. The average molecular weight is 226 g/mol. The summed E-state index contributed by atoms with van der Waals surface area (Å²) in [5.74, 6) is 0.470. The standard InChI is InChI=1S/C12H22N2O2/c1-9-4-7-13-10(9)11(16)14-12(8-15)5-2-3-6-12/h9-10,13,15H,2-8H2,1H3,(H,14,16). The lowest BCUT2D eigenvalue weighted by Gasteiger charge is -2.30. The summed E-state index contributed by atoms with van der Waals surface area (Å²) in [5.41, 5.74) is -0.332. The molecule has 1 saturated carbocycles. The van der Waals surface area contributed by atoms with Gasteiger partial charge in [0.15, 0.2) is 0 Å². The van der Waals surface area contributed by atoms with E-state index in [0.717, 1.165) is 38.6 Å². The molecule has 0 radical (unpaired) electrons. The van der Waals surface area contributed by atoms with Crippen LogP contribution in [0.2, 0.25) is 0 Å². The second kappa shape index (κ2) is 4.72. The third-order valence-electron chi connectivity index (χ3n) is 4.07. The largest absolute Gasteiger partial charge is 0.394 e. The molecule has 1 aliphatic carbocycles. The SMILES string of the molecule is CC1CCNC1C(=O)NC1(CO)CCCC1. The summed E-state index contributed by atoms with van der Waals surface area (Å²) >= 11 is 0. The van der Waals surface area contributed by atoms with E-state index < -0.39 is 0 Å². The van der Waals surface area contributed by atoms with Crippen LogP contribution < -0.4 is 10.6 Å². The van der Waals surface area contributed by atoms with Gasteiger partial charge in [0.25, 0.3) is 0 Å². The van der Waals surface area contributed by atoms with Crippen LogP contribution in [0.5, 0.6) is 0 Å². The maximum atomic E-state index is 12.1. The zero-order chi connectivity index (χ0) is 11.6. The Morgan fingerprint density at radius 3 is 2.69 bits per heavy atom. The highest BCUT2D eigenvalue weighted by Gasteiger charge is 2.38. The van der Waals surface area contributed by atoms with Crippen molar-refractivity contribution in [2.45, 2.75) is 50.6 Å². The van der Waals surface area contributed by atoms with Crippen LogP contribution in [0.25, 0.3) is 0 Å². The number of hydrogen-bond acceptors (Lipinski definition) is 3. The van der Waals surface area contributed by atoms with Gasteiger partial charge in [0.05, 0.1) is 18.2 Å². The van der Waals surface area contributed by atoms with E-state index in [2.05, 4.69) is 17.6 Å². The van der Waals surface area contributed by atoms with E-state index >= 15 is 0 Å². The first-order valence-corrected chi connectivity index (χ1v) is 6.33. The minimum atomic E-state index is -0.332. The number of carbonyl (C=O) groups is 1. The van der Waals surface area contributed by atoms with E-state index in [1.54, 1.807) is 0 Å². The predicted octanol–water partition coefficient (Wildman–Crippen LogP) is 0.406. The fraction of sp³-hybridized carbons (Fsp3) is 0.917. The van der Waals surface area contributed by atoms with Gasteiger partial charge in [-0.2, -0.15) is 0 Å². The van der Waals surface area contributed by atoms with Gasteiger partial charge >= 0.3 is 0 Å². The summed E-state index contributed by atoms with van der Waals surface area (Å²) in [5, 5.41) is 15.7. The van der Waals surface area contributed by atoms with Crippen molar-refractivity contribution >= 4 is 5.91 Å². The quantitative estimate of drug-likeness (QED) is 0.653. The first kappa shape index (κ1) is 11.9. The van der Waals surface area contributed by atoms with E-state index in [1.165, 1.54) is 0 Å². The van der Waals surface area contributed by atoms with Crippen LogP contribution in [0.15, 0.2) is 0 Å². The highest BCUT2D eigenvalue weighted by Crippen LogP contribution is 2.29. The molecule has 2 rings (SSSR count). The Morgan fingerprint density at radius 2 is 2.19 bits per heavy atom. The van der Waals surface area contributed by atoms with Gasteiger partial charge in [-0.1, -0.05) is 19.8 Å². The molecule has 4 nitrogen and oxygen atoms in total. The molecule has 2 atom stereocenters. The Labute approximate surface area is 96.8 Å². The molecule has 1 heterocycles. The lowest BCUT2D eigenvalue weighted by Crippen LogP contribution is -2.55. The number of aliphatic hydroxyl groups excluding tert-OH is 1. The van der Waals surface area contributed by atoms with Crippen LogP contribution in [0.3, 0.4) is 0 Å². The van der Waals surface area contributed by atoms with Gasteiger partial charge in [0, 0.05) is 0 Å². The van der Waals surface area contributed by atoms with Gasteiger partial charge in [-0.05, 0) is 31.7 Å². The van der Waals surface area contributed by atoms with Crippen molar-refractivity contribution < 1.29 is 9.90 Å². The first-order valence-electron chi connectivity index (χ1n) is 6.33. The second-order valence-electron chi connectivity index (χ2n) is 5.33. The summed E-state index contributed by atoms with van der Waals surface area (Å²) < 4.78 is 0. The van der Waals surface area contributed by atoms with Crippen molar-refractivity contribution in [1.82, 2.24) is 10.6 Å². The number of aliphatic hydroxyl groups is 1. The molecule has 1 aliphatic heterocycles. The predicted molar refractivity (Wildman–Crippen MR) is 62.0 cm³/mol. The molecule has 0 aromatic rings. The summed E-state index contributed by atoms with van der Waals surface area (Å²) in [4.78, 5) is 12.1. The molecular formula is C12H22N2O2. The molecule has 1 amide bonds. The number of hydrogen-bond donors (Lipinski definition) is 3. The average Bonchev–Trinajstić information content (AvgIpc) is 2.87. The first-order chi connectivity index (χ1) is 7.67. The Bertz CT molecular complexity index is 262. The lowest BCUT2D eigenvalue weighted by molar-refractivity contribution is -0.126. The maximum absolute atomic E-state index is 12.1. The van der Waals surface area contributed by atoms with Crippen molar-refractivity contribution in [3.05, 3.63) is 0 Å². The molecule has 0 bridgehead atoms. The maximum Gasteiger partial charge on any atom is 0.237 e. The third kappa shape index (κ3) is 2.23. The van der Waals surface area contributed by atoms with Crippen LogP contribution in [0, 0.1) is 5.92 Å². The van der Waals surface area contributed by atoms with Gasteiger partial charge in [-0.3, -0.25) is 4.79 Å². The number of rotatable bonds is 3. The van der Waals surface area contributed by atoms with Crippen LogP contribution in [-0.2, 0) is 4.79 Å². The summed E-state index contributed by atoms with van der Waals surface area (Å²) in [7, 11) is 0. The molecule has 0 spiro atoms. The van der Waals surface area contributed by atoms with Crippen molar-refractivity contribution in [3.8, 4) is 0 Å². The molecule has 2 unspecified atom stereocenters. The van der Waals surface area contributed by atoms with Crippen LogP contribution in [0.4, 0.5) is 0 Å². The highest BCUT2D eigenvalue weighted by molar-refractivity contribution is 5.83. The molecule has 4 heteroatoms. The Kier molecular flexibility index (Phi) is 3.50. The van der Waals surface area contributed by atoms with Crippen molar-refractivity contribution in [2.24, 2.45) is 5.92 Å². The minimum Gasteiger partial charge on any atom is -0.394 e.